The van der Waals surface area contributed by atoms with Gasteiger partial charge in [0.2, 0.25) is 0 Å². The molecular weight excluding hydrogens is 213 g/mol. The summed E-state index contributed by atoms with van der Waals surface area (Å²) < 4.78 is 13.9. The molecule has 0 saturated heterocycles. The number of rotatable bonds is 2. The van der Waals surface area contributed by atoms with Crippen LogP contribution < -0.4 is 5.32 Å². The standard InChI is InChI=1S/C15H16FN/c1-4-13-14(7-10(2)8-15(13)16)12-6-5-11(3)17-9-12/h5-9,17H,3-4H2,1-2H3. The third kappa shape index (κ3) is 2.31. The molecule has 2 rings (SSSR count). The van der Waals surface area contributed by atoms with Crippen molar-refractivity contribution in [3.8, 4) is 0 Å². The summed E-state index contributed by atoms with van der Waals surface area (Å²) >= 11 is 0. The maximum atomic E-state index is 13.9. The highest BCUT2D eigenvalue weighted by Crippen LogP contribution is 2.26. The summed E-state index contributed by atoms with van der Waals surface area (Å²) in [5.41, 5.74) is 4.51. The summed E-state index contributed by atoms with van der Waals surface area (Å²) in [6.07, 6.45) is 6.42. The van der Waals surface area contributed by atoms with E-state index in [0.29, 0.717) is 6.42 Å². The quantitative estimate of drug-likeness (QED) is 0.815. The van der Waals surface area contributed by atoms with Gasteiger partial charge in [-0.2, -0.15) is 0 Å². The zero-order chi connectivity index (χ0) is 12.4. The van der Waals surface area contributed by atoms with Crippen LogP contribution in [0, 0.1) is 12.7 Å². The lowest BCUT2D eigenvalue weighted by molar-refractivity contribution is 0.610. The molecular formula is C15H16FN. The summed E-state index contributed by atoms with van der Waals surface area (Å²) in [4.78, 5) is 0. The van der Waals surface area contributed by atoms with Crippen LogP contribution in [0.25, 0.3) is 5.57 Å². The normalized spacial score (nSPS) is 14.5. The van der Waals surface area contributed by atoms with Crippen LogP contribution in [0.5, 0.6) is 0 Å². The number of halogens is 1. The molecule has 0 radical (unpaired) electrons. The minimum atomic E-state index is -0.124. The third-order valence-corrected chi connectivity index (χ3v) is 2.88. The zero-order valence-electron chi connectivity index (χ0n) is 10.2. The predicted molar refractivity (Wildman–Crippen MR) is 69.9 cm³/mol. The Kier molecular flexibility index (Phi) is 3.14. The molecule has 88 valence electrons. The summed E-state index contributed by atoms with van der Waals surface area (Å²) in [5, 5.41) is 3.06. The topological polar surface area (TPSA) is 12.0 Å². The van der Waals surface area contributed by atoms with Gasteiger partial charge in [-0.15, -0.1) is 0 Å². The van der Waals surface area contributed by atoms with Gasteiger partial charge in [0.15, 0.2) is 0 Å². The van der Waals surface area contributed by atoms with Crippen LogP contribution in [0.3, 0.4) is 0 Å². The van der Waals surface area contributed by atoms with Gasteiger partial charge in [0.05, 0.1) is 0 Å². The van der Waals surface area contributed by atoms with E-state index in [4.69, 9.17) is 0 Å². The first-order chi connectivity index (χ1) is 8.11. The van der Waals surface area contributed by atoms with E-state index in [1.165, 1.54) is 0 Å². The van der Waals surface area contributed by atoms with E-state index >= 15 is 0 Å². The summed E-state index contributed by atoms with van der Waals surface area (Å²) in [6, 6.07) is 3.61. The first kappa shape index (κ1) is 11.6. The molecule has 0 saturated carbocycles. The van der Waals surface area contributed by atoms with Gasteiger partial charge >= 0.3 is 0 Å². The number of allylic oxidation sites excluding steroid dienone is 3. The van der Waals surface area contributed by atoms with Crippen LogP contribution in [0.15, 0.2) is 42.8 Å². The van der Waals surface area contributed by atoms with Crippen molar-refractivity contribution in [2.75, 3.05) is 0 Å². The van der Waals surface area contributed by atoms with E-state index in [0.717, 1.165) is 28.0 Å². The van der Waals surface area contributed by atoms with Gasteiger partial charge in [-0.05, 0) is 47.8 Å². The molecule has 0 unspecified atom stereocenters. The molecule has 1 nitrogen and oxygen atoms in total. The molecule has 1 aliphatic heterocycles. The molecule has 0 amide bonds. The van der Waals surface area contributed by atoms with Crippen molar-refractivity contribution < 1.29 is 4.39 Å². The van der Waals surface area contributed by atoms with Crippen LogP contribution in [0.4, 0.5) is 4.39 Å². The van der Waals surface area contributed by atoms with E-state index in [9.17, 15) is 4.39 Å². The largest absolute Gasteiger partial charge is 0.362 e. The summed E-state index contributed by atoms with van der Waals surface area (Å²) in [7, 11) is 0. The minimum Gasteiger partial charge on any atom is -0.362 e. The van der Waals surface area contributed by atoms with Crippen LogP contribution in [0.1, 0.15) is 23.6 Å². The van der Waals surface area contributed by atoms with Crippen molar-refractivity contribution in [1.29, 1.82) is 0 Å². The molecule has 0 aliphatic carbocycles. The number of hydrogen-bond acceptors (Lipinski definition) is 1. The van der Waals surface area contributed by atoms with E-state index in [2.05, 4.69) is 11.9 Å². The lowest BCUT2D eigenvalue weighted by Crippen LogP contribution is -2.07. The second-order valence-electron chi connectivity index (χ2n) is 4.23. The molecule has 2 heteroatoms. The fourth-order valence-electron chi connectivity index (χ4n) is 2.01. The van der Waals surface area contributed by atoms with E-state index < -0.39 is 0 Å². The molecule has 1 N–H and O–H groups in total. The Morgan fingerprint density at radius 2 is 2.06 bits per heavy atom. The Morgan fingerprint density at radius 1 is 1.29 bits per heavy atom. The van der Waals surface area contributed by atoms with Crippen molar-refractivity contribution >= 4 is 5.57 Å². The summed E-state index contributed by atoms with van der Waals surface area (Å²) in [6.45, 7) is 7.68. The Balaban J connectivity index is 2.52. The van der Waals surface area contributed by atoms with Crippen molar-refractivity contribution in [2.45, 2.75) is 20.3 Å². The van der Waals surface area contributed by atoms with E-state index in [1.54, 1.807) is 6.07 Å². The maximum Gasteiger partial charge on any atom is 0.127 e. The van der Waals surface area contributed by atoms with Gasteiger partial charge < -0.3 is 5.32 Å². The van der Waals surface area contributed by atoms with Crippen LogP contribution in [-0.4, -0.2) is 0 Å². The molecule has 0 fully saturated rings. The molecule has 0 atom stereocenters. The monoisotopic (exact) mass is 229 g/mol. The molecule has 0 aromatic heterocycles. The molecule has 1 aliphatic rings. The van der Waals surface area contributed by atoms with Gasteiger partial charge in [-0.25, -0.2) is 4.39 Å². The van der Waals surface area contributed by atoms with Gasteiger partial charge in [-0.1, -0.05) is 25.6 Å². The Morgan fingerprint density at radius 3 is 2.65 bits per heavy atom. The molecule has 0 bridgehead atoms. The highest BCUT2D eigenvalue weighted by atomic mass is 19.1. The van der Waals surface area contributed by atoms with Crippen molar-refractivity contribution in [2.24, 2.45) is 0 Å². The molecule has 17 heavy (non-hydrogen) atoms. The van der Waals surface area contributed by atoms with E-state index in [-0.39, 0.29) is 5.82 Å². The van der Waals surface area contributed by atoms with Gasteiger partial charge in [-0.3, -0.25) is 0 Å². The van der Waals surface area contributed by atoms with Gasteiger partial charge in [0.1, 0.15) is 5.82 Å². The Bertz CT molecular complexity index is 524. The van der Waals surface area contributed by atoms with Crippen LogP contribution in [0.2, 0.25) is 0 Å². The fraction of sp³-hybridized carbons (Fsp3) is 0.200. The maximum absolute atomic E-state index is 13.9. The van der Waals surface area contributed by atoms with Crippen molar-refractivity contribution in [1.82, 2.24) is 5.32 Å². The highest BCUT2D eigenvalue weighted by molar-refractivity contribution is 5.78. The first-order valence-electron chi connectivity index (χ1n) is 5.75. The average molecular weight is 229 g/mol. The second kappa shape index (κ2) is 4.58. The molecule has 0 spiro atoms. The highest BCUT2D eigenvalue weighted by Gasteiger charge is 2.12. The molecule has 1 aromatic rings. The fourth-order valence-corrected chi connectivity index (χ4v) is 2.01. The zero-order valence-corrected chi connectivity index (χ0v) is 10.2. The first-order valence-corrected chi connectivity index (χ1v) is 5.75. The van der Waals surface area contributed by atoms with Gasteiger partial charge in [0, 0.05) is 11.9 Å². The number of benzene rings is 1. The average Bonchev–Trinajstić information content (AvgIpc) is 2.29. The minimum absolute atomic E-state index is 0.124. The van der Waals surface area contributed by atoms with Crippen LogP contribution in [-0.2, 0) is 6.42 Å². The predicted octanol–water partition coefficient (Wildman–Crippen LogP) is 3.71. The van der Waals surface area contributed by atoms with Gasteiger partial charge in [0.25, 0.3) is 0 Å². The van der Waals surface area contributed by atoms with E-state index in [1.807, 2.05) is 38.3 Å². The number of hydrogen-bond donors (Lipinski definition) is 1. The van der Waals surface area contributed by atoms with Crippen molar-refractivity contribution in [3.63, 3.8) is 0 Å². The number of aryl methyl sites for hydroxylation is 1. The number of dihydropyridines is 1. The molecule has 1 aromatic carbocycles. The third-order valence-electron chi connectivity index (χ3n) is 2.88. The van der Waals surface area contributed by atoms with Crippen molar-refractivity contribution in [3.05, 3.63) is 65.3 Å². The SMILES string of the molecule is C=C1C=CC(c2cc(C)cc(F)c2CC)=CN1. The Hall–Kier alpha value is -1.83. The molecule has 1 heterocycles. The Labute approximate surface area is 101 Å². The second-order valence-corrected chi connectivity index (χ2v) is 4.23. The number of nitrogens with one attached hydrogen (secondary N) is 1. The lowest BCUT2D eigenvalue weighted by atomic mass is 9.94. The summed E-state index contributed by atoms with van der Waals surface area (Å²) in [5.74, 6) is -0.124. The smallest absolute Gasteiger partial charge is 0.127 e. The van der Waals surface area contributed by atoms with Crippen LogP contribution >= 0.6 is 0 Å². The lowest BCUT2D eigenvalue weighted by Gasteiger charge is -2.15.